The van der Waals surface area contributed by atoms with E-state index in [0.717, 1.165) is 12.8 Å². The molecule has 1 aromatic heterocycles. The molecule has 6 heteroatoms. The van der Waals surface area contributed by atoms with E-state index in [9.17, 15) is 9.18 Å². The first kappa shape index (κ1) is 13.2. The summed E-state index contributed by atoms with van der Waals surface area (Å²) in [5.74, 6) is -0.899. The third kappa shape index (κ3) is 2.56. The topological polar surface area (TPSA) is 63.1 Å². The van der Waals surface area contributed by atoms with Crippen molar-refractivity contribution in [3.63, 3.8) is 0 Å². The highest BCUT2D eigenvalue weighted by Gasteiger charge is 2.30. The molecule has 1 aliphatic carbocycles. The molecule has 1 fully saturated rings. The van der Waals surface area contributed by atoms with Gasteiger partial charge in [0.15, 0.2) is 5.82 Å². The third-order valence-corrected chi connectivity index (χ3v) is 3.59. The molecule has 0 spiro atoms. The molecule has 4 nitrogen and oxygen atoms in total. The van der Waals surface area contributed by atoms with E-state index in [0.29, 0.717) is 21.6 Å². The number of nitrogens with zero attached hydrogens (tertiary/aromatic N) is 2. The molecule has 2 aromatic rings. The van der Waals surface area contributed by atoms with Crippen LogP contribution in [0.5, 0.6) is 0 Å². The largest absolute Gasteiger partial charge is 0.478 e. The predicted molar refractivity (Wildman–Crippen MR) is 74.1 cm³/mol. The Morgan fingerprint density at radius 2 is 2.10 bits per heavy atom. The lowest BCUT2D eigenvalue weighted by Gasteiger charge is -2.07. The lowest BCUT2D eigenvalue weighted by atomic mass is 10.1. The van der Waals surface area contributed by atoms with Crippen LogP contribution in [-0.2, 0) is 0 Å². The molecule has 3 rings (SSSR count). The van der Waals surface area contributed by atoms with Gasteiger partial charge in [0, 0.05) is 22.2 Å². The molecule has 1 saturated carbocycles. The second-order valence-electron chi connectivity index (χ2n) is 4.73. The van der Waals surface area contributed by atoms with Crippen LogP contribution >= 0.6 is 15.9 Å². The fourth-order valence-electron chi connectivity index (χ4n) is 2.05. The SMILES string of the molecule is O=C(O)c1cnc(-c2cc(F)cc(Br)c2)nc1C1CC1. The van der Waals surface area contributed by atoms with Crippen molar-refractivity contribution in [2.75, 3.05) is 0 Å². The van der Waals surface area contributed by atoms with Crippen molar-refractivity contribution in [3.05, 3.63) is 45.9 Å². The Morgan fingerprint density at radius 3 is 2.70 bits per heavy atom. The van der Waals surface area contributed by atoms with E-state index in [1.165, 1.54) is 18.3 Å². The monoisotopic (exact) mass is 336 g/mol. The zero-order valence-electron chi connectivity index (χ0n) is 10.3. The van der Waals surface area contributed by atoms with Crippen LogP contribution in [0.2, 0.25) is 0 Å². The van der Waals surface area contributed by atoms with Gasteiger partial charge in [-0.05, 0) is 31.0 Å². The summed E-state index contributed by atoms with van der Waals surface area (Å²) in [4.78, 5) is 19.5. The highest BCUT2D eigenvalue weighted by atomic mass is 79.9. The van der Waals surface area contributed by atoms with E-state index < -0.39 is 11.8 Å². The molecular weight excluding hydrogens is 327 g/mol. The first-order valence-corrected chi connectivity index (χ1v) is 6.90. The van der Waals surface area contributed by atoms with E-state index >= 15 is 0 Å². The van der Waals surface area contributed by atoms with Crippen LogP contribution in [0.1, 0.15) is 34.8 Å². The highest BCUT2D eigenvalue weighted by Crippen LogP contribution is 2.41. The van der Waals surface area contributed by atoms with Crippen molar-refractivity contribution < 1.29 is 14.3 Å². The Bertz CT molecular complexity index is 681. The van der Waals surface area contributed by atoms with Gasteiger partial charge in [-0.2, -0.15) is 0 Å². The molecule has 1 N–H and O–H groups in total. The number of aromatic nitrogens is 2. The van der Waals surface area contributed by atoms with Crippen molar-refractivity contribution in [2.45, 2.75) is 18.8 Å². The number of halogens is 2. The maximum atomic E-state index is 13.4. The average Bonchev–Trinajstić information content (AvgIpc) is 3.21. The van der Waals surface area contributed by atoms with Crippen molar-refractivity contribution >= 4 is 21.9 Å². The maximum Gasteiger partial charge on any atom is 0.339 e. The molecule has 0 bridgehead atoms. The highest BCUT2D eigenvalue weighted by molar-refractivity contribution is 9.10. The van der Waals surface area contributed by atoms with Crippen LogP contribution in [0.4, 0.5) is 4.39 Å². The van der Waals surface area contributed by atoms with Gasteiger partial charge in [-0.3, -0.25) is 0 Å². The number of hydrogen-bond donors (Lipinski definition) is 1. The Kier molecular flexibility index (Phi) is 3.25. The van der Waals surface area contributed by atoms with E-state index in [1.54, 1.807) is 6.07 Å². The maximum absolute atomic E-state index is 13.4. The first-order chi connectivity index (χ1) is 9.54. The van der Waals surface area contributed by atoms with E-state index in [-0.39, 0.29) is 11.5 Å². The van der Waals surface area contributed by atoms with Gasteiger partial charge < -0.3 is 5.11 Å². The summed E-state index contributed by atoms with van der Waals surface area (Å²) >= 11 is 3.22. The van der Waals surface area contributed by atoms with Gasteiger partial charge in [-0.25, -0.2) is 19.2 Å². The van der Waals surface area contributed by atoms with Gasteiger partial charge in [-0.15, -0.1) is 0 Å². The summed E-state index contributed by atoms with van der Waals surface area (Å²) < 4.78 is 14.0. The van der Waals surface area contributed by atoms with Crippen molar-refractivity contribution in [2.24, 2.45) is 0 Å². The van der Waals surface area contributed by atoms with Crippen molar-refractivity contribution in [1.29, 1.82) is 0 Å². The van der Waals surface area contributed by atoms with Crippen LogP contribution in [0.3, 0.4) is 0 Å². The van der Waals surface area contributed by atoms with Crippen molar-refractivity contribution in [3.8, 4) is 11.4 Å². The van der Waals surface area contributed by atoms with Crippen LogP contribution in [0.25, 0.3) is 11.4 Å². The van der Waals surface area contributed by atoms with Gasteiger partial charge in [0.25, 0.3) is 0 Å². The van der Waals surface area contributed by atoms with E-state index in [4.69, 9.17) is 5.11 Å². The number of rotatable bonds is 3. The summed E-state index contributed by atoms with van der Waals surface area (Å²) in [6.07, 6.45) is 3.17. The molecule has 0 radical (unpaired) electrons. The summed E-state index contributed by atoms with van der Waals surface area (Å²) in [5.41, 5.74) is 1.20. The van der Waals surface area contributed by atoms with Gasteiger partial charge in [0.05, 0.1) is 11.3 Å². The minimum Gasteiger partial charge on any atom is -0.478 e. The number of carbonyl (C=O) groups is 1. The fourth-order valence-corrected chi connectivity index (χ4v) is 2.52. The standard InChI is InChI=1S/C14H10BrFN2O2/c15-9-3-8(4-10(16)5-9)13-17-6-11(14(19)20)12(18-13)7-1-2-7/h3-7H,1-2H2,(H,19,20). The second-order valence-corrected chi connectivity index (χ2v) is 5.65. The van der Waals surface area contributed by atoms with Crippen LogP contribution in [0, 0.1) is 5.82 Å². The molecule has 20 heavy (non-hydrogen) atoms. The summed E-state index contributed by atoms with van der Waals surface area (Å²) in [5, 5.41) is 9.14. The lowest BCUT2D eigenvalue weighted by molar-refractivity contribution is 0.0694. The molecule has 1 heterocycles. The molecular formula is C14H10BrFN2O2. The lowest BCUT2D eigenvalue weighted by Crippen LogP contribution is -2.06. The molecule has 0 saturated heterocycles. The average molecular weight is 337 g/mol. The summed E-state index contributed by atoms with van der Waals surface area (Å²) in [6, 6.07) is 4.38. The Morgan fingerprint density at radius 1 is 1.35 bits per heavy atom. The zero-order chi connectivity index (χ0) is 14.3. The van der Waals surface area contributed by atoms with Gasteiger partial charge in [0.2, 0.25) is 0 Å². The fraction of sp³-hybridized carbons (Fsp3) is 0.214. The van der Waals surface area contributed by atoms with E-state index in [1.807, 2.05) is 0 Å². The van der Waals surface area contributed by atoms with Gasteiger partial charge in [0.1, 0.15) is 5.82 Å². The molecule has 0 unspecified atom stereocenters. The Balaban J connectivity index is 2.10. The summed E-state index contributed by atoms with van der Waals surface area (Å²) in [6.45, 7) is 0. The number of hydrogen-bond acceptors (Lipinski definition) is 3. The van der Waals surface area contributed by atoms with Crippen LogP contribution < -0.4 is 0 Å². The summed E-state index contributed by atoms with van der Waals surface area (Å²) in [7, 11) is 0. The predicted octanol–water partition coefficient (Wildman–Crippen LogP) is 3.62. The van der Waals surface area contributed by atoms with Crippen LogP contribution in [0.15, 0.2) is 28.9 Å². The number of aromatic carboxylic acids is 1. The second kappa shape index (κ2) is 4.94. The molecule has 0 atom stereocenters. The van der Waals surface area contributed by atoms with Crippen molar-refractivity contribution in [1.82, 2.24) is 9.97 Å². The van der Waals surface area contributed by atoms with Crippen LogP contribution in [-0.4, -0.2) is 21.0 Å². The van der Waals surface area contributed by atoms with Gasteiger partial charge >= 0.3 is 5.97 Å². The molecule has 0 aliphatic heterocycles. The number of carboxylic acids is 1. The normalized spacial score (nSPS) is 14.3. The minimum atomic E-state index is -1.03. The Labute approximate surface area is 122 Å². The molecule has 1 aliphatic rings. The first-order valence-electron chi connectivity index (χ1n) is 6.11. The Hall–Kier alpha value is -1.82. The smallest absolute Gasteiger partial charge is 0.339 e. The van der Waals surface area contributed by atoms with E-state index in [2.05, 4.69) is 25.9 Å². The number of benzene rings is 1. The quantitative estimate of drug-likeness (QED) is 0.929. The zero-order valence-corrected chi connectivity index (χ0v) is 11.9. The molecule has 102 valence electrons. The number of carboxylic acid groups (broad SMARTS) is 1. The third-order valence-electron chi connectivity index (χ3n) is 3.13. The molecule has 1 aromatic carbocycles. The minimum absolute atomic E-state index is 0.131. The molecule has 0 amide bonds. The van der Waals surface area contributed by atoms with Gasteiger partial charge in [-0.1, -0.05) is 15.9 Å².